The highest BCUT2D eigenvalue weighted by Gasteiger charge is 2.41. The molecule has 25 heavy (non-hydrogen) atoms. The van der Waals surface area contributed by atoms with Crippen LogP contribution in [0.1, 0.15) is 11.1 Å². The Morgan fingerprint density at radius 1 is 0.920 bits per heavy atom. The SMILES string of the molecule is O=C1C(Cl)=C(N2CCc3ccccc3C2)C(=O)N1c1ccc(F)cc1. The van der Waals surface area contributed by atoms with E-state index in [-0.39, 0.29) is 10.7 Å². The van der Waals surface area contributed by atoms with Crippen LogP contribution in [0.25, 0.3) is 0 Å². The number of carbonyl (C=O) groups excluding carboxylic acids is 2. The number of hydrogen-bond donors (Lipinski definition) is 0. The summed E-state index contributed by atoms with van der Waals surface area (Å²) < 4.78 is 13.1. The van der Waals surface area contributed by atoms with E-state index in [2.05, 4.69) is 6.07 Å². The minimum absolute atomic E-state index is 0.0892. The first kappa shape index (κ1) is 15.8. The Labute approximate surface area is 149 Å². The molecule has 0 spiro atoms. The molecule has 0 unspecified atom stereocenters. The molecule has 0 radical (unpaired) electrons. The van der Waals surface area contributed by atoms with Crippen molar-refractivity contribution >= 4 is 29.1 Å². The predicted molar refractivity (Wildman–Crippen MR) is 92.3 cm³/mol. The molecular weight excluding hydrogens is 343 g/mol. The van der Waals surface area contributed by atoms with Gasteiger partial charge in [0.05, 0.1) is 5.69 Å². The van der Waals surface area contributed by atoms with Crippen LogP contribution in [0.2, 0.25) is 0 Å². The second kappa shape index (κ2) is 6.01. The highest BCUT2D eigenvalue weighted by atomic mass is 35.5. The Bertz CT molecular complexity index is 908. The molecule has 0 aromatic heterocycles. The lowest BCUT2D eigenvalue weighted by molar-refractivity contribution is -0.121. The molecule has 4 nitrogen and oxygen atoms in total. The van der Waals surface area contributed by atoms with Gasteiger partial charge in [-0.05, 0) is 41.8 Å². The van der Waals surface area contributed by atoms with E-state index in [0.29, 0.717) is 18.8 Å². The van der Waals surface area contributed by atoms with Crippen LogP contribution in [0, 0.1) is 5.82 Å². The Balaban J connectivity index is 1.66. The van der Waals surface area contributed by atoms with Crippen molar-refractivity contribution in [2.75, 3.05) is 11.4 Å². The molecule has 2 aliphatic heterocycles. The number of amides is 2. The minimum atomic E-state index is -0.577. The van der Waals surface area contributed by atoms with Crippen molar-refractivity contribution in [3.8, 4) is 0 Å². The number of hydrogen-bond acceptors (Lipinski definition) is 3. The number of nitrogens with zero attached hydrogens (tertiary/aromatic N) is 2. The summed E-state index contributed by atoms with van der Waals surface area (Å²) in [4.78, 5) is 28.2. The topological polar surface area (TPSA) is 40.6 Å². The normalized spacial score (nSPS) is 17.4. The summed E-state index contributed by atoms with van der Waals surface area (Å²) in [6, 6.07) is 13.2. The van der Waals surface area contributed by atoms with Gasteiger partial charge in [-0.25, -0.2) is 9.29 Å². The first-order valence-electron chi connectivity index (χ1n) is 7.92. The lowest BCUT2D eigenvalue weighted by Crippen LogP contribution is -2.37. The van der Waals surface area contributed by atoms with E-state index >= 15 is 0 Å². The maximum Gasteiger partial charge on any atom is 0.283 e. The maximum atomic E-state index is 13.1. The zero-order valence-electron chi connectivity index (χ0n) is 13.2. The molecule has 2 heterocycles. The number of benzene rings is 2. The smallest absolute Gasteiger partial charge is 0.283 e. The van der Waals surface area contributed by atoms with Crippen molar-refractivity contribution in [2.45, 2.75) is 13.0 Å². The quantitative estimate of drug-likeness (QED) is 0.776. The predicted octanol–water partition coefficient (Wildman–Crippen LogP) is 3.21. The molecule has 0 atom stereocenters. The van der Waals surface area contributed by atoms with E-state index in [1.807, 2.05) is 23.1 Å². The van der Waals surface area contributed by atoms with Gasteiger partial charge in [0, 0.05) is 13.1 Å². The molecule has 0 bridgehead atoms. The monoisotopic (exact) mass is 356 g/mol. The molecule has 2 amide bonds. The molecular formula is C19H14ClFN2O2. The molecule has 2 aliphatic rings. The number of anilines is 1. The molecule has 0 saturated carbocycles. The van der Waals surface area contributed by atoms with E-state index in [0.717, 1.165) is 16.9 Å². The summed E-state index contributed by atoms with van der Waals surface area (Å²) in [7, 11) is 0. The third-order valence-corrected chi connectivity index (χ3v) is 4.88. The summed E-state index contributed by atoms with van der Waals surface area (Å²) in [6.45, 7) is 1.14. The maximum absolute atomic E-state index is 13.1. The number of imide groups is 1. The lowest BCUT2D eigenvalue weighted by Gasteiger charge is -2.31. The van der Waals surface area contributed by atoms with Crippen molar-refractivity contribution in [1.29, 1.82) is 0 Å². The Kier molecular flexibility index (Phi) is 3.81. The van der Waals surface area contributed by atoms with Gasteiger partial charge in [0.1, 0.15) is 16.5 Å². The molecule has 126 valence electrons. The Hall–Kier alpha value is -2.66. The summed E-state index contributed by atoms with van der Waals surface area (Å²) in [6.07, 6.45) is 0.780. The molecule has 4 rings (SSSR count). The van der Waals surface area contributed by atoms with Gasteiger partial charge in [0.25, 0.3) is 11.8 Å². The fourth-order valence-electron chi connectivity index (χ4n) is 3.28. The minimum Gasteiger partial charge on any atom is -0.361 e. The van der Waals surface area contributed by atoms with Gasteiger partial charge in [-0.15, -0.1) is 0 Å². The summed E-state index contributed by atoms with van der Waals surface area (Å²) in [5, 5.41) is -0.0892. The lowest BCUT2D eigenvalue weighted by atomic mass is 9.99. The Morgan fingerprint density at radius 3 is 2.32 bits per heavy atom. The van der Waals surface area contributed by atoms with Crippen LogP contribution in [-0.2, 0) is 22.6 Å². The summed E-state index contributed by atoms with van der Waals surface area (Å²) in [5.41, 5.74) is 2.88. The fourth-order valence-corrected chi connectivity index (χ4v) is 3.56. The van der Waals surface area contributed by atoms with Crippen LogP contribution in [0.4, 0.5) is 10.1 Å². The van der Waals surface area contributed by atoms with Gasteiger partial charge in [-0.2, -0.15) is 0 Å². The molecule has 2 aromatic rings. The molecule has 6 heteroatoms. The van der Waals surface area contributed by atoms with Crippen LogP contribution in [0.3, 0.4) is 0 Å². The van der Waals surface area contributed by atoms with Gasteiger partial charge < -0.3 is 4.90 Å². The second-order valence-corrected chi connectivity index (χ2v) is 6.40. The standard InChI is InChI=1S/C19H14ClFN2O2/c20-16-17(22-10-9-12-3-1-2-4-13(12)11-22)19(25)23(18(16)24)15-7-5-14(21)6-8-15/h1-8H,9-11H2. The molecule has 0 N–H and O–H groups in total. The van der Waals surface area contributed by atoms with Crippen molar-refractivity contribution in [3.63, 3.8) is 0 Å². The molecule has 0 saturated heterocycles. The van der Waals surface area contributed by atoms with Gasteiger partial charge in [0.15, 0.2) is 0 Å². The summed E-state index contributed by atoms with van der Waals surface area (Å²) >= 11 is 6.21. The zero-order valence-corrected chi connectivity index (χ0v) is 14.0. The largest absolute Gasteiger partial charge is 0.361 e. The summed E-state index contributed by atoms with van der Waals surface area (Å²) in [5.74, 6) is -1.48. The number of halogens is 2. The molecule has 0 aliphatic carbocycles. The average Bonchev–Trinajstić information content (AvgIpc) is 2.85. The van der Waals surface area contributed by atoms with Crippen LogP contribution in [0.15, 0.2) is 59.3 Å². The van der Waals surface area contributed by atoms with Crippen LogP contribution in [0.5, 0.6) is 0 Å². The van der Waals surface area contributed by atoms with Gasteiger partial charge in [-0.3, -0.25) is 9.59 Å². The molecule has 2 aromatic carbocycles. The number of carbonyl (C=O) groups is 2. The third kappa shape index (κ3) is 2.61. The van der Waals surface area contributed by atoms with Gasteiger partial charge in [0.2, 0.25) is 0 Å². The van der Waals surface area contributed by atoms with E-state index in [4.69, 9.17) is 11.6 Å². The van der Waals surface area contributed by atoms with Crippen molar-refractivity contribution in [1.82, 2.24) is 4.90 Å². The third-order valence-electron chi connectivity index (χ3n) is 4.54. The highest BCUT2D eigenvalue weighted by molar-refractivity contribution is 6.52. The first-order chi connectivity index (χ1) is 12.1. The van der Waals surface area contributed by atoms with Crippen LogP contribution >= 0.6 is 11.6 Å². The van der Waals surface area contributed by atoms with E-state index in [1.165, 1.54) is 29.8 Å². The average molecular weight is 357 g/mol. The van der Waals surface area contributed by atoms with E-state index in [1.54, 1.807) is 0 Å². The first-order valence-corrected chi connectivity index (χ1v) is 8.30. The van der Waals surface area contributed by atoms with Crippen LogP contribution in [-0.4, -0.2) is 23.3 Å². The fraction of sp³-hybridized carbons (Fsp3) is 0.158. The highest BCUT2D eigenvalue weighted by Crippen LogP contribution is 2.33. The Morgan fingerprint density at radius 2 is 1.60 bits per heavy atom. The van der Waals surface area contributed by atoms with Crippen LogP contribution < -0.4 is 4.90 Å². The van der Waals surface area contributed by atoms with Gasteiger partial charge >= 0.3 is 0 Å². The number of fused-ring (bicyclic) bond motifs is 1. The second-order valence-electron chi connectivity index (χ2n) is 6.02. The van der Waals surface area contributed by atoms with Crippen molar-refractivity contribution in [3.05, 3.63) is 76.2 Å². The molecule has 0 fully saturated rings. The van der Waals surface area contributed by atoms with Gasteiger partial charge in [-0.1, -0.05) is 35.9 Å². The van der Waals surface area contributed by atoms with Crippen molar-refractivity contribution in [2.24, 2.45) is 0 Å². The van der Waals surface area contributed by atoms with E-state index < -0.39 is 17.6 Å². The zero-order chi connectivity index (χ0) is 17.6. The number of rotatable bonds is 2. The van der Waals surface area contributed by atoms with E-state index in [9.17, 15) is 14.0 Å². The van der Waals surface area contributed by atoms with Crippen molar-refractivity contribution < 1.29 is 14.0 Å².